The fraction of sp³-hybridized carbons (Fsp3) is 0.611. The quantitative estimate of drug-likeness (QED) is 0.805. The van der Waals surface area contributed by atoms with Gasteiger partial charge in [0.2, 0.25) is 5.91 Å². The van der Waals surface area contributed by atoms with Crippen molar-refractivity contribution in [1.29, 1.82) is 0 Å². The summed E-state index contributed by atoms with van der Waals surface area (Å²) in [6.07, 6.45) is 7.56. The first-order chi connectivity index (χ1) is 10.2. The van der Waals surface area contributed by atoms with E-state index in [0.29, 0.717) is 0 Å². The molecule has 1 amide bonds. The molecule has 0 bridgehead atoms. The predicted molar refractivity (Wildman–Crippen MR) is 86.3 cm³/mol. The van der Waals surface area contributed by atoms with Gasteiger partial charge in [-0.25, -0.2) is 0 Å². The minimum atomic E-state index is 0.00102. The molecule has 21 heavy (non-hydrogen) atoms. The van der Waals surface area contributed by atoms with Crippen molar-refractivity contribution in [2.24, 2.45) is 11.7 Å². The second kappa shape index (κ2) is 6.18. The molecule has 2 N–H and O–H groups in total. The summed E-state index contributed by atoms with van der Waals surface area (Å²) in [4.78, 5) is 15.2. The molecule has 0 spiro atoms. The van der Waals surface area contributed by atoms with Gasteiger partial charge in [-0.2, -0.15) is 0 Å². The predicted octanol–water partition coefficient (Wildman–Crippen LogP) is 3.26. The number of carbonyl (C=O) groups is 1. The summed E-state index contributed by atoms with van der Waals surface area (Å²) in [5.41, 5.74) is 8.71. The van der Waals surface area contributed by atoms with Crippen LogP contribution in [0.25, 0.3) is 0 Å². The minimum absolute atomic E-state index is 0.00102. The van der Waals surface area contributed by atoms with E-state index in [1.807, 2.05) is 11.0 Å². The van der Waals surface area contributed by atoms with E-state index >= 15 is 0 Å². The summed E-state index contributed by atoms with van der Waals surface area (Å²) >= 11 is 0. The Labute approximate surface area is 127 Å². The van der Waals surface area contributed by atoms with Crippen LogP contribution in [0, 0.1) is 5.92 Å². The summed E-state index contributed by atoms with van der Waals surface area (Å²) in [5.74, 6) is 0.255. The molecular weight excluding hydrogens is 260 g/mol. The Morgan fingerprint density at radius 3 is 2.76 bits per heavy atom. The molecule has 2 aliphatic rings. The number of amides is 1. The van der Waals surface area contributed by atoms with Gasteiger partial charge >= 0.3 is 0 Å². The Morgan fingerprint density at radius 2 is 1.90 bits per heavy atom. The third-order valence-corrected chi connectivity index (χ3v) is 5.15. The Morgan fingerprint density at radius 1 is 1.14 bits per heavy atom. The molecule has 3 heteroatoms. The van der Waals surface area contributed by atoms with Crippen LogP contribution in [0.1, 0.15) is 51.0 Å². The minimum Gasteiger partial charge on any atom is -0.327 e. The molecule has 1 fully saturated rings. The maximum absolute atomic E-state index is 13.1. The molecular formula is C18H26N2O. The molecule has 1 heterocycles. The molecule has 3 atom stereocenters. The lowest BCUT2D eigenvalue weighted by atomic mass is 9.90. The van der Waals surface area contributed by atoms with E-state index in [0.717, 1.165) is 44.2 Å². The van der Waals surface area contributed by atoms with E-state index in [1.165, 1.54) is 12.0 Å². The number of nitrogens with zero attached hydrogens (tertiary/aromatic N) is 1. The maximum atomic E-state index is 13.1. The Bertz CT molecular complexity index is 514. The van der Waals surface area contributed by atoms with Gasteiger partial charge in [0.25, 0.3) is 0 Å². The van der Waals surface area contributed by atoms with Crippen LogP contribution in [0.5, 0.6) is 0 Å². The van der Waals surface area contributed by atoms with Crippen LogP contribution in [0.3, 0.4) is 0 Å². The van der Waals surface area contributed by atoms with E-state index in [2.05, 4.69) is 25.1 Å². The standard InChI is InChI=1S/C18H26N2O/c1-13-11-12-14-7-5-6-10-17(14)20(13)18(21)15-8-3-2-4-9-16(15)19/h5-7,10,13,15-16H,2-4,8-9,11-12,19H2,1H3. The number of hydrogen-bond donors (Lipinski definition) is 1. The van der Waals surface area contributed by atoms with Gasteiger partial charge < -0.3 is 10.6 Å². The number of para-hydroxylation sites is 1. The fourth-order valence-electron chi connectivity index (χ4n) is 3.85. The van der Waals surface area contributed by atoms with Crippen LogP contribution in [-0.4, -0.2) is 18.0 Å². The van der Waals surface area contributed by atoms with E-state index in [4.69, 9.17) is 5.73 Å². The molecule has 1 aliphatic heterocycles. The van der Waals surface area contributed by atoms with Gasteiger partial charge in [0, 0.05) is 17.8 Å². The number of fused-ring (bicyclic) bond motifs is 1. The van der Waals surface area contributed by atoms with Crippen molar-refractivity contribution in [2.45, 2.75) is 64.0 Å². The van der Waals surface area contributed by atoms with Gasteiger partial charge in [0.05, 0.1) is 5.92 Å². The molecule has 0 aromatic heterocycles. The highest BCUT2D eigenvalue weighted by molar-refractivity contribution is 5.97. The molecule has 1 aromatic rings. The largest absolute Gasteiger partial charge is 0.327 e. The van der Waals surface area contributed by atoms with Crippen molar-refractivity contribution in [2.75, 3.05) is 4.90 Å². The van der Waals surface area contributed by atoms with E-state index in [-0.39, 0.29) is 23.9 Å². The molecule has 114 valence electrons. The lowest BCUT2D eigenvalue weighted by molar-refractivity contribution is -0.123. The second-order valence-electron chi connectivity index (χ2n) is 6.63. The molecule has 0 saturated heterocycles. The van der Waals surface area contributed by atoms with Crippen LogP contribution in [-0.2, 0) is 11.2 Å². The zero-order valence-electron chi connectivity index (χ0n) is 12.9. The highest BCUT2D eigenvalue weighted by Gasteiger charge is 2.35. The van der Waals surface area contributed by atoms with Crippen molar-refractivity contribution in [3.8, 4) is 0 Å². The topological polar surface area (TPSA) is 46.3 Å². The van der Waals surface area contributed by atoms with Gasteiger partial charge in [0.15, 0.2) is 0 Å². The smallest absolute Gasteiger partial charge is 0.231 e. The van der Waals surface area contributed by atoms with Crippen LogP contribution >= 0.6 is 0 Å². The first-order valence-electron chi connectivity index (χ1n) is 8.35. The number of aryl methyl sites for hydroxylation is 1. The van der Waals surface area contributed by atoms with Crippen LogP contribution in [0.15, 0.2) is 24.3 Å². The lowest BCUT2D eigenvalue weighted by Crippen LogP contribution is -2.49. The average molecular weight is 286 g/mol. The number of rotatable bonds is 1. The third kappa shape index (κ3) is 2.84. The van der Waals surface area contributed by atoms with Crippen molar-refractivity contribution in [1.82, 2.24) is 0 Å². The summed E-state index contributed by atoms with van der Waals surface area (Å²) in [5, 5.41) is 0. The Balaban J connectivity index is 1.89. The molecule has 3 nitrogen and oxygen atoms in total. The summed E-state index contributed by atoms with van der Waals surface area (Å²) in [7, 11) is 0. The van der Waals surface area contributed by atoms with Crippen molar-refractivity contribution in [3.63, 3.8) is 0 Å². The first-order valence-corrected chi connectivity index (χ1v) is 8.35. The zero-order valence-corrected chi connectivity index (χ0v) is 12.9. The Kier molecular flexibility index (Phi) is 4.29. The third-order valence-electron chi connectivity index (χ3n) is 5.15. The first kappa shape index (κ1) is 14.6. The van der Waals surface area contributed by atoms with Gasteiger partial charge in [-0.3, -0.25) is 4.79 Å². The van der Waals surface area contributed by atoms with Crippen molar-refractivity contribution >= 4 is 11.6 Å². The molecule has 1 saturated carbocycles. The van der Waals surface area contributed by atoms with Gasteiger partial charge in [-0.1, -0.05) is 37.5 Å². The van der Waals surface area contributed by atoms with E-state index in [1.54, 1.807) is 0 Å². The number of nitrogens with two attached hydrogens (primary N) is 1. The van der Waals surface area contributed by atoms with Gasteiger partial charge in [-0.15, -0.1) is 0 Å². The van der Waals surface area contributed by atoms with Gasteiger partial charge in [0.1, 0.15) is 0 Å². The molecule has 0 radical (unpaired) electrons. The van der Waals surface area contributed by atoms with Crippen molar-refractivity contribution in [3.05, 3.63) is 29.8 Å². The fourth-order valence-corrected chi connectivity index (χ4v) is 3.85. The normalized spacial score (nSPS) is 29.6. The van der Waals surface area contributed by atoms with E-state index in [9.17, 15) is 4.79 Å². The van der Waals surface area contributed by atoms with Crippen LogP contribution in [0.2, 0.25) is 0 Å². The summed E-state index contributed by atoms with van der Waals surface area (Å²) < 4.78 is 0. The summed E-state index contributed by atoms with van der Waals surface area (Å²) in [6.45, 7) is 2.16. The molecule has 1 aromatic carbocycles. The zero-order chi connectivity index (χ0) is 14.8. The van der Waals surface area contributed by atoms with Crippen LogP contribution < -0.4 is 10.6 Å². The van der Waals surface area contributed by atoms with E-state index < -0.39 is 0 Å². The Hall–Kier alpha value is -1.35. The second-order valence-corrected chi connectivity index (χ2v) is 6.63. The number of anilines is 1. The molecule has 1 aliphatic carbocycles. The lowest BCUT2D eigenvalue weighted by Gasteiger charge is -2.38. The van der Waals surface area contributed by atoms with Gasteiger partial charge in [-0.05, 0) is 44.2 Å². The summed E-state index contributed by atoms with van der Waals surface area (Å²) in [6, 6.07) is 8.64. The highest BCUT2D eigenvalue weighted by atomic mass is 16.2. The number of carbonyl (C=O) groups excluding carboxylic acids is 1. The maximum Gasteiger partial charge on any atom is 0.231 e. The van der Waals surface area contributed by atoms with Crippen LogP contribution in [0.4, 0.5) is 5.69 Å². The molecule has 3 unspecified atom stereocenters. The van der Waals surface area contributed by atoms with Crippen molar-refractivity contribution < 1.29 is 4.79 Å². The average Bonchev–Trinajstić information content (AvgIpc) is 2.71. The highest BCUT2D eigenvalue weighted by Crippen LogP contribution is 2.34. The SMILES string of the molecule is CC1CCc2ccccc2N1C(=O)C1CCCCCC1N. The number of benzene rings is 1. The molecule has 3 rings (SSSR count). The monoisotopic (exact) mass is 286 g/mol. The number of hydrogen-bond acceptors (Lipinski definition) is 2.